The van der Waals surface area contributed by atoms with Crippen molar-refractivity contribution in [2.75, 3.05) is 47.5 Å². The lowest BCUT2D eigenvalue weighted by molar-refractivity contribution is -0.870. The van der Waals surface area contributed by atoms with Crippen LogP contribution >= 0.6 is 7.82 Å². The van der Waals surface area contributed by atoms with Crippen LogP contribution in [0.4, 0.5) is 0 Å². The van der Waals surface area contributed by atoms with Gasteiger partial charge in [0.2, 0.25) is 0 Å². The van der Waals surface area contributed by atoms with Crippen LogP contribution in [0.5, 0.6) is 0 Å². The number of quaternary nitrogens is 1. The number of hydrogen-bond acceptors (Lipinski definition) is 7. The summed E-state index contributed by atoms with van der Waals surface area (Å²) < 4.78 is 34.4. The first-order chi connectivity index (χ1) is 36.5. The number of phosphoric ester groups is 1. The van der Waals surface area contributed by atoms with E-state index in [0.717, 1.165) is 122 Å². The Labute approximate surface area is 459 Å². The van der Waals surface area contributed by atoms with E-state index in [1.165, 1.54) is 38.5 Å². The average Bonchev–Trinajstić information content (AvgIpc) is 3.37. The van der Waals surface area contributed by atoms with Crippen molar-refractivity contribution in [2.45, 2.75) is 206 Å². The van der Waals surface area contributed by atoms with E-state index in [9.17, 15) is 19.0 Å². The predicted molar refractivity (Wildman–Crippen MR) is 320 cm³/mol. The van der Waals surface area contributed by atoms with Crippen molar-refractivity contribution in [3.05, 3.63) is 146 Å². The molecule has 9 nitrogen and oxygen atoms in total. The molecule has 0 aliphatic heterocycles. The standard InChI is InChI=1S/C65H106NO8P/c1-6-8-10-12-14-16-18-20-22-23-24-25-26-27-28-29-30-31-32-33-34-35-36-37-38-39-40-41-42-43-44-46-48-50-52-54-56-58-65(68)74-63(62-73-75(69,70)72-60-59-66(3,4)5)61-71-64(67)57-55-53-51-49-47-45-21-19-17-15-13-11-9-7-2/h8,10,14,16,19-22,24-25,27-28,30-31,33-34,36-37,39-40,42-43,46,48,63H,6-7,9,11-13,15,17-18,23,26,29,32,35,38,41,44-45,47,49-62H2,1-5H3/p+1/b10-8-,16-14-,21-19-,22-20-,25-24-,28-27-,31-30-,34-33-,37-36-,40-39-,43-42-,48-46-. The van der Waals surface area contributed by atoms with E-state index in [2.05, 4.69) is 160 Å². The third-order valence-electron chi connectivity index (χ3n) is 11.6. The van der Waals surface area contributed by atoms with Crippen molar-refractivity contribution in [1.82, 2.24) is 0 Å². The molecule has 0 aliphatic rings. The Kier molecular flexibility index (Phi) is 51.7. The molecule has 0 saturated heterocycles. The van der Waals surface area contributed by atoms with Gasteiger partial charge in [0.1, 0.15) is 19.8 Å². The molecule has 0 heterocycles. The van der Waals surface area contributed by atoms with E-state index in [1.54, 1.807) is 0 Å². The van der Waals surface area contributed by atoms with Gasteiger partial charge >= 0.3 is 19.8 Å². The van der Waals surface area contributed by atoms with E-state index >= 15 is 0 Å². The van der Waals surface area contributed by atoms with Gasteiger partial charge in [-0.1, -0.05) is 211 Å². The molecule has 0 fully saturated rings. The number of nitrogens with zero attached hydrogens (tertiary/aromatic N) is 1. The molecule has 0 saturated carbocycles. The predicted octanol–water partition coefficient (Wildman–Crippen LogP) is 18.3. The maximum Gasteiger partial charge on any atom is 0.472 e. The van der Waals surface area contributed by atoms with E-state index in [4.69, 9.17) is 18.5 Å². The number of allylic oxidation sites excluding steroid dienone is 24. The lowest BCUT2D eigenvalue weighted by Gasteiger charge is -2.24. The van der Waals surface area contributed by atoms with Crippen molar-refractivity contribution in [3.63, 3.8) is 0 Å². The van der Waals surface area contributed by atoms with Crippen molar-refractivity contribution >= 4 is 19.8 Å². The van der Waals surface area contributed by atoms with Gasteiger partial charge in [-0.05, 0) is 122 Å². The average molecular weight is 1060 g/mol. The summed E-state index contributed by atoms with van der Waals surface area (Å²) in [5, 5.41) is 0. The summed E-state index contributed by atoms with van der Waals surface area (Å²) in [6.45, 7) is 4.23. The molecular formula is C65H107NO8P+. The van der Waals surface area contributed by atoms with Gasteiger partial charge in [0.25, 0.3) is 0 Å². The Morgan fingerprint density at radius 1 is 0.427 bits per heavy atom. The molecule has 0 amide bonds. The first kappa shape index (κ1) is 70.9. The first-order valence-corrected chi connectivity index (χ1v) is 30.6. The molecule has 424 valence electrons. The number of ether oxygens (including phenoxy) is 2. The molecule has 0 spiro atoms. The fraction of sp³-hybridized carbons (Fsp3) is 0.600. The van der Waals surface area contributed by atoms with Crippen LogP contribution in [-0.2, 0) is 32.7 Å². The van der Waals surface area contributed by atoms with Crippen molar-refractivity contribution < 1.29 is 42.1 Å². The van der Waals surface area contributed by atoms with Crippen molar-refractivity contribution in [3.8, 4) is 0 Å². The highest BCUT2D eigenvalue weighted by Crippen LogP contribution is 2.43. The number of hydrogen-bond donors (Lipinski definition) is 1. The number of esters is 2. The highest BCUT2D eigenvalue weighted by molar-refractivity contribution is 7.47. The summed E-state index contributed by atoms with van der Waals surface area (Å²) in [6.07, 6.45) is 80.7. The quantitative estimate of drug-likeness (QED) is 0.0211. The smallest absolute Gasteiger partial charge is 0.462 e. The fourth-order valence-electron chi connectivity index (χ4n) is 7.13. The molecule has 0 bridgehead atoms. The van der Waals surface area contributed by atoms with Gasteiger partial charge < -0.3 is 18.9 Å². The normalized spacial score (nSPS) is 14.4. The molecule has 0 aromatic carbocycles. The molecule has 0 radical (unpaired) electrons. The van der Waals surface area contributed by atoms with Crippen molar-refractivity contribution in [1.29, 1.82) is 0 Å². The van der Waals surface area contributed by atoms with Crippen LogP contribution in [0.1, 0.15) is 200 Å². The highest BCUT2D eigenvalue weighted by Gasteiger charge is 2.27. The minimum atomic E-state index is -4.40. The van der Waals surface area contributed by atoms with E-state index in [-0.39, 0.29) is 26.1 Å². The molecule has 0 aromatic heterocycles. The van der Waals surface area contributed by atoms with Crippen LogP contribution in [0.2, 0.25) is 0 Å². The molecule has 1 N–H and O–H groups in total. The third kappa shape index (κ3) is 59.0. The number of rotatable bonds is 51. The summed E-state index contributed by atoms with van der Waals surface area (Å²) in [6, 6.07) is 0. The molecule has 75 heavy (non-hydrogen) atoms. The molecule has 0 aliphatic carbocycles. The number of unbranched alkanes of at least 4 members (excludes halogenated alkanes) is 13. The lowest BCUT2D eigenvalue weighted by Crippen LogP contribution is -2.37. The molecular weight excluding hydrogens is 954 g/mol. The Balaban J connectivity index is 4.25. The van der Waals surface area contributed by atoms with Crippen LogP contribution in [0.15, 0.2) is 146 Å². The van der Waals surface area contributed by atoms with Gasteiger partial charge in [-0.15, -0.1) is 0 Å². The molecule has 2 unspecified atom stereocenters. The van der Waals surface area contributed by atoms with Gasteiger partial charge in [-0.2, -0.15) is 0 Å². The van der Waals surface area contributed by atoms with Crippen LogP contribution in [0.25, 0.3) is 0 Å². The number of phosphoric acid groups is 1. The number of carbonyl (C=O) groups excluding carboxylic acids is 2. The second-order valence-corrected chi connectivity index (χ2v) is 21.4. The Bertz CT molecular complexity index is 1770. The monoisotopic (exact) mass is 1060 g/mol. The van der Waals surface area contributed by atoms with Crippen LogP contribution in [0, 0.1) is 0 Å². The highest BCUT2D eigenvalue weighted by atomic mass is 31.2. The maximum absolute atomic E-state index is 12.8. The summed E-state index contributed by atoms with van der Waals surface area (Å²) >= 11 is 0. The number of likely N-dealkylation sites (N-methyl/N-ethyl adjacent to an activating group) is 1. The van der Waals surface area contributed by atoms with Gasteiger partial charge in [0.05, 0.1) is 27.7 Å². The zero-order valence-corrected chi connectivity index (χ0v) is 48.9. The second-order valence-electron chi connectivity index (χ2n) is 19.9. The first-order valence-electron chi connectivity index (χ1n) is 29.1. The van der Waals surface area contributed by atoms with E-state index in [0.29, 0.717) is 23.9 Å². The Morgan fingerprint density at radius 3 is 1.16 bits per heavy atom. The van der Waals surface area contributed by atoms with Crippen LogP contribution in [0.3, 0.4) is 0 Å². The Hall–Kier alpha value is -4.11. The summed E-state index contributed by atoms with van der Waals surface area (Å²) in [4.78, 5) is 35.6. The fourth-order valence-corrected chi connectivity index (χ4v) is 7.87. The van der Waals surface area contributed by atoms with Gasteiger partial charge in [0, 0.05) is 12.8 Å². The summed E-state index contributed by atoms with van der Waals surface area (Å²) in [5.41, 5.74) is 0. The van der Waals surface area contributed by atoms with Gasteiger partial charge in [0.15, 0.2) is 6.10 Å². The van der Waals surface area contributed by atoms with Crippen LogP contribution < -0.4 is 0 Å². The molecule has 10 heteroatoms. The minimum Gasteiger partial charge on any atom is -0.462 e. The molecule has 0 rings (SSSR count). The molecule has 2 atom stereocenters. The third-order valence-corrected chi connectivity index (χ3v) is 12.6. The van der Waals surface area contributed by atoms with E-state index < -0.39 is 32.5 Å². The topological polar surface area (TPSA) is 108 Å². The summed E-state index contributed by atoms with van der Waals surface area (Å²) in [7, 11) is 1.43. The number of carbonyl (C=O) groups is 2. The minimum absolute atomic E-state index is 0.0158. The largest absolute Gasteiger partial charge is 0.472 e. The van der Waals surface area contributed by atoms with Crippen molar-refractivity contribution in [2.24, 2.45) is 0 Å². The van der Waals surface area contributed by atoms with Gasteiger partial charge in [-0.25, -0.2) is 4.57 Å². The van der Waals surface area contributed by atoms with E-state index in [1.807, 2.05) is 21.1 Å². The Morgan fingerprint density at radius 2 is 0.760 bits per heavy atom. The summed E-state index contributed by atoms with van der Waals surface area (Å²) in [5.74, 6) is -0.858. The zero-order valence-electron chi connectivity index (χ0n) is 48.0. The second kappa shape index (κ2) is 54.7. The SMILES string of the molecule is CC/C=C\C/C=C\C/C=C\C/C=C\C/C=C\C/C=C\C/C=C\C/C=C\C/C=C\C/C=C\C/C=C\CCCCCC(=O)OC(COC(=O)CCCCCCC/C=C\CCCCCCC)COP(=O)(O)OCC[N+](C)(C)C. The lowest BCUT2D eigenvalue weighted by atomic mass is 10.1. The van der Waals surface area contributed by atoms with Crippen LogP contribution in [-0.4, -0.2) is 74.9 Å². The zero-order chi connectivity index (χ0) is 54.9. The maximum atomic E-state index is 12.8. The van der Waals surface area contributed by atoms with Gasteiger partial charge in [-0.3, -0.25) is 18.6 Å². The molecule has 0 aromatic rings.